The topological polar surface area (TPSA) is 143 Å². The van der Waals surface area contributed by atoms with Gasteiger partial charge in [-0.2, -0.15) is 71.1 Å². The first-order valence-corrected chi connectivity index (χ1v) is 9.27. The van der Waals surface area contributed by atoms with Crippen molar-refractivity contribution in [1.82, 2.24) is 0 Å². The summed E-state index contributed by atoms with van der Waals surface area (Å²) in [6.07, 6.45) is -17.5. The largest absolute Gasteiger partial charge is 0.417 e. The monoisotopic (exact) mass is 534 g/mol. The fourth-order valence-electron chi connectivity index (χ4n) is 3.37. The lowest BCUT2D eigenvalue weighted by atomic mass is 9.87. The van der Waals surface area contributed by atoms with Gasteiger partial charge in [-0.25, -0.2) is 0 Å². The molecule has 0 unspecified atom stereocenters. The van der Waals surface area contributed by atoms with Crippen molar-refractivity contribution in [3.8, 4) is 36.4 Å². The predicted octanol–water partition coefficient (Wildman–Crippen LogP) is 4.28. The molecule has 0 aliphatic carbocycles. The maximum atomic E-state index is 13.8. The van der Waals surface area contributed by atoms with Crippen molar-refractivity contribution >= 4 is 11.1 Å². The number of hydrogen-bond acceptors (Lipinski definition) is 6. The average Bonchev–Trinajstić information content (AvgIpc) is 2.82. The van der Waals surface area contributed by atoms with Crippen LogP contribution >= 0.6 is 0 Å². The van der Waals surface area contributed by atoms with Gasteiger partial charge in [0.05, 0.1) is 45.0 Å². The Balaban J connectivity index is 3.54. The number of nitrogens with zero attached hydrogens (tertiary/aromatic N) is 6. The third-order valence-electron chi connectivity index (χ3n) is 4.85. The molecule has 0 atom stereocenters. The first kappa shape index (κ1) is 28.7. The first-order chi connectivity index (χ1) is 17.5. The number of rotatable bonds is 1. The maximum absolute atomic E-state index is 13.8. The van der Waals surface area contributed by atoms with Gasteiger partial charge in [-0.05, 0) is 18.2 Å². The molecule has 0 N–H and O–H groups in total. The molecule has 0 saturated heterocycles. The van der Waals surface area contributed by atoms with Gasteiger partial charge in [0.1, 0.15) is 35.9 Å². The number of alkyl halides is 9. The van der Waals surface area contributed by atoms with Gasteiger partial charge in [0.25, 0.3) is 0 Å². The molecule has 188 valence electrons. The standard InChI is InChI=1S/C23H3F9N6/c24-21(25,26)12-2-17(22(27,28)29)20(18(3-12)23(30,31)32)15(8-37)13-1-10(4-33)19(11(5-34)6-35)16(9-38)14(13)7-36/h1-3H/b15-13+. The molecule has 0 aromatic heterocycles. The molecule has 0 fully saturated rings. The highest BCUT2D eigenvalue weighted by Gasteiger charge is 2.45. The van der Waals surface area contributed by atoms with E-state index in [0.29, 0.717) is 6.07 Å². The molecule has 0 aliphatic heterocycles. The van der Waals surface area contributed by atoms with Crippen molar-refractivity contribution in [2.45, 2.75) is 18.5 Å². The van der Waals surface area contributed by atoms with Crippen molar-refractivity contribution in [3.05, 3.63) is 67.6 Å². The number of nitriles is 6. The van der Waals surface area contributed by atoms with Crippen molar-refractivity contribution in [3.63, 3.8) is 0 Å². The maximum Gasteiger partial charge on any atom is 0.417 e. The molecular formula is C23H3F9N6. The highest BCUT2D eigenvalue weighted by atomic mass is 19.4. The molecule has 0 bridgehead atoms. The summed E-state index contributed by atoms with van der Waals surface area (Å²) in [7, 11) is 0. The second kappa shape index (κ2) is 9.86. The molecule has 2 rings (SSSR count). The van der Waals surface area contributed by atoms with Crippen LogP contribution in [0.2, 0.25) is 0 Å². The van der Waals surface area contributed by atoms with Gasteiger partial charge in [0.15, 0.2) is 0 Å². The number of benzene rings is 2. The third-order valence-corrected chi connectivity index (χ3v) is 4.85. The zero-order valence-corrected chi connectivity index (χ0v) is 17.8. The summed E-state index contributed by atoms with van der Waals surface area (Å²) in [6.45, 7) is 0. The highest BCUT2D eigenvalue weighted by Crippen LogP contribution is 2.45. The van der Waals surface area contributed by atoms with Crippen LogP contribution < -0.4 is 10.4 Å². The van der Waals surface area contributed by atoms with Gasteiger partial charge in [-0.3, -0.25) is 0 Å². The Labute approximate surface area is 205 Å². The fourth-order valence-corrected chi connectivity index (χ4v) is 3.37. The number of halogens is 9. The normalized spacial score (nSPS) is 12.1. The van der Waals surface area contributed by atoms with Gasteiger partial charge in [-0.1, -0.05) is 0 Å². The quantitative estimate of drug-likeness (QED) is 0.500. The van der Waals surface area contributed by atoms with Crippen molar-refractivity contribution in [2.75, 3.05) is 0 Å². The average molecular weight is 534 g/mol. The van der Waals surface area contributed by atoms with Crippen LogP contribution in [0.5, 0.6) is 0 Å². The van der Waals surface area contributed by atoms with E-state index in [1.54, 1.807) is 0 Å². The minimum Gasteiger partial charge on any atom is -0.192 e. The molecule has 6 nitrogen and oxygen atoms in total. The van der Waals surface area contributed by atoms with Gasteiger partial charge in [0, 0.05) is 16.0 Å². The number of hydrogen-bond donors (Lipinski definition) is 0. The van der Waals surface area contributed by atoms with E-state index in [1.165, 1.54) is 30.3 Å². The van der Waals surface area contributed by atoms with Gasteiger partial charge < -0.3 is 0 Å². The third kappa shape index (κ3) is 5.05. The SMILES string of the molecule is N#CC(C#N)=c1c(C#N)c/c(=C(/C#N)c2c(C(F)(F)F)cc(C(F)(F)F)cc2C(F)(F)F)c(C#N)c1C#N. The van der Waals surface area contributed by atoms with Crippen LogP contribution in [0.25, 0.3) is 11.1 Å². The minimum atomic E-state index is -5.90. The molecule has 0 amide bonds. The second-order valence-electron chi connectivity index (χ2n) is 6.96. The molecule has 15 heteroatoms. The molecule has 0 radical (unpaired) electrons. The molecule has 0 saturated carbocycles. The van der Waals surface area contributed by atoms with Crippen molar-refractivity contribution < 1.29 is 39.5 Å². The van der Waals surface area contributed by atoms with E-state index >= 15 is 0 Å². The summed E-state index contributed by atoms with van der Waals surface area (Å²) >= 11 is 0. The van der Waals surface area contributed by atoms with E-state index < -0.39 is 91.2 Å². The fraction of sp³-hybridized carbons (Fsp3) is 0.130. The van der Waals surface area contributed by atoms with E-state index in [9.17, 15) is 60.6 Å². The zero-order chi connectivity index (χ0) is 29.2. The Kier molecular flexibility index (Phi) is 7.45. The van der Waals surface area contributed by atoms with Crippen LogP contribution in [-0.2, 0) is 18.5 Å². The second-order valence-corrected chi connectivity index (χ2v) is 6.96. The van der Waals surface area contributed by atoms with E-state index in [0.717, 1.165) is 6.07 Å². The van der Waals surface area contributed by atoms with Crippen LogP contribution in [0.3, 0.4) is 0 Å². The summed E-state index contributed by atoms with van der Waals surface area (Å²) in [5.41, 5.74) is -15.1. The minimum absolute atomic E-state index is 0.389. The summed E-state index contributed by atoms with van der Waals surface area (Å²) in [5.74, 6) is 0. The van der Waals surface area contributed by atoms with Crippen LogP contribution in [0.15, 0.2) is 18.2 Å². The molecule has 2 aromatic rings. The lowest BCUT2D eigenvalue weighted by Crippen LogP contribution is -2.27. The van der Waals surface area contributed by atoms with E-state index in [-0.39, 0.29) is 0 Å². The Hall–Kier alpha value is -5.51. The lowest BCUT2D eigenvalue weighted by molar-refractivity contribution is -0.148. The predicted molar refractivity (Wildman–Crippen MR) is 104 cm³/mol. The Bertz CT molecular complexity index is 1680. The Morgan fingerprint density at radius 1 is 0.579 bits per heavy atom. The van der Waals surface area contributed by atoms with Crippen LogP contribution in [0.4, 0.5) is 39.5 Å². The van der Waals surface area contributed by atoms with Gasteiger partial charge >= 0.3 is 18.5 Å². The van der Waals surface area contributed by atoms with Crippen molar-refractivity contribution in [1.29, 1.82) is 31.6 Å². The molecule has 0 aliphatic rings. The van der Waals surface area contributed by atoms with Gasteiger partial charge in [-0.15, -0.1) is 0 Å². The molecule has 0 spiro atoms. The van der Waals surface area contributed by atoms with E-state index in [2.05, 4.69) is 0 Å². The Morgan fingerprint density at radius 3 is 1.37 bits per heavy atom. The van der Waals surface area contributed by atoms with E-state index in [4.69, 9.17) is 10.5 Å². The summed E-state index contributed by atoms with van der Waals surface area (Å²) in [4.78, 5) is 0. The van der Waals surface area contributed by atoms with Crippen molar-refractivity contribution in [2.24, 2.45) is 0 Å². The molecule has 0 heterocycles. The van der Waals surface area contributed by atoms with Crippen LogP contribution in [0, 0.1) is 68.0 Å². The van der Waals surface area contributed by atoms with Crippen LogP contribution in [-0.4, -0.2) is 0 Å². The zero-order valence-electron chi connectivity index (χ0n) is 17.8. The highest BCUT2D eigenvalue weighted by molar-refractivity contribution is 5.84. The molecule has 38 heavy (non-hydrogen) atoms. The molecule has 2 aromatic carbocycles. The summed E-state index contributed by atoms with van der Waals surface area (Å²) in [5, 5.41) is 54.5. The Morgan fingerprint density at radius 2 is 1.05 bits per heavy atom. The summed E-state index contributed by atoms with van der Waals surface area (Å²) in [6, 6.07) is 6.64. The summed E-state index contributed by atoms with van der Waals surface area (Å²) < 4.78 is 123. The molecular weight excluding hydrogens is 531 g/mol. The lowest BCUT2D eigenvalue weighted by Gasteiger charge is -2.21. The smallest absolute Gasteiger partial charge is 0.192 e. The van der Waals surface area contributed by atoms with E-state index in [1.807, 2.05) is 0 Å². The van der Waals surface area contributed by atoms with Crippen LogP contribution in [0.1, 0.15) is 38.9 Å². The van der Waals surface area contributed by atoms with Gasteiger partial charge in [0.2, 0.25) is 0 Å². The first-order valence-electron chi connectivity index (χ1n) is 9.27.